The Labute approximate surface area is 176 Å². The summed E-state index contributed by atoms with van der Waals surface area (Å²) in [5, 5.41) is 0.730. The second-order valence-electron chi connectivity index (χ2n) is 8.37. The predicted molar refractivity (Wildman–Crippen MR) is 113 cm³/mol. The van der Waals surface area contributed by atoms with E-state index < -0.39 is 0 Å². The molecule has 0 radical (unpaired) electrons. The maximum absolute atomic E-state index is 12.8. The van der Waals surface area contributed by atoms with Gasteiger partial charge < -0.3 is 19.6 Å². The molecule has 0 bridgehead atoms. The molecule has 7 nitrogen and oxygen atoms in total. The molecule has 1 fully saturated rings. The van der Waals surface area contributed by atoms with E-state index in [1.54, 1.807) is 19.0 Å². The molecule has 0 saturated carbocycles. The molecule has 1 aromatic rings. The molecular formula is C21H30N4O3S. The molecule has 158 valence electrons. The summed E-state index contributed by atoms with van der Waals surface area (Å²) in [6, 6.07) is 0. The maximum atomic E-state index is 12.8. The molecule has 0 atom stereocenters. The van der Waals surface area contributed by atoms with E-state index in [4.69, 9.17) is 0 Å². The SMILES string of the molecule is CN1CC(=O)N(C)c2sc3c(c2C1=O)CCN(C(=O)CCCN1CCCCC1)C3. The molecule has 0 spiro atoms. The van der Waals surface area contributed by atoms with Crippen molar-refractivity contribution < 1.29 is 14.4 Å². The molecular weight excluding hydrogens is 388 g/mol. The van der Waals surface area contributed by atoms with Crippen LogP contribution < -0.4 is 4.90 Å². The second kappa shape index (κ2) is 8.44. The lowest BCUT2D eigenvalue weighted by Crippen LogP contribution is -2.37. The van der Waals surface area contributed by atoms with Crippen LogP contribution in [0.15, 0.2) is 0 Å². The monoisotopic (exact) mass is 418 g/mol. The average Bonchev–Trinajstić information content (AvgIpc) is 3.08. The first-order valence-electron chi connectivity index (χ1n) is 10.6. The smallest absolute Gasteiger partial charge is 0.257 e. The van der Waals surface area contributed by atoms with Crippen LogP contribution in [-0.2, 0) is 22.6 Å². The molecule has 0 N–H and O–H groups in total. The molecule has 3 aliphatic heterocycles. The summed E-state index contributed by atoms with van der Waals surface area (Å²) < 4.78 is 0. The van der Waals surface area contributed by atoms with Crippen LogP contribution in [0.5, 0.6) is 0 Å². The van der Waals surface area contributed by atoms with Gasteiger partial charge in [0.2, 0.25) is 11.8 Å². The number of carbonyl (C=O) groups excluding carboxylic acids is 3. The molecule has 1 aromatic heterocycles. The van der Waals surface area contributed by atoms with E-state index in [1.807, 2.05) is 4.90 Å². The quantitative estimate of drug-likeness (QED) is 0.750. The van der Waals surface area contributed by atoms with Gasteiger partial charge in [-0.05, 0) is 50.9 Å². The molecule has 8 heteroatoms. The fourth-order valence-corrected chi connectivity index (χ4v) is 5.87. The van der Waals surface area contributed by atoms with E-state index in [1.165, 1.54) is 35.5 Å². The lowest BCUT2D eigenvalue weighted by molar-refractivity contribution is -0.132. The summed E-state index contributed by atoms with van der Waals surface area (Å²) in [4.78, 5) is 46.5. The molecule has 1 saturated heterocycles. The van der Waals surface area contributed by atoms with Crippen LogP contribution in [0.2, 0.25) is 0 Å². The second-order valence-corrected chi connectivity index (χ2v) is 9.45. The van der Waals surface area contributed by atoms with E-state index >= 15 is 0 Å². The average molecular weight is 419 g/mol. The van der Waals surface area contributed by atoms with E-state index in [2.05, 4.69) is 4.90 Å². The number of anilines is 1. The third-order valence-electron chi connectivity index (χ3n) is 6.32. The molecule has 0 aromatic carbocycles. The third kappa shape index (κ3) is 4.05. The minimum Gasteiger partial charge on any atom is -0.337 e. The molecule has 4 heterocycles. The zero-order valence-corrected chi connectivity index (χ0v) is 18.2. The zero-order chi connectivity index (χ0) is 20.5. The van der Waals surface area contributed by atoms with Gasteiger partial charge in [-0.25, -0.2) is 0 Å². The Bertz CT molecular complexity index is 815. The van der Waals surface area contributed by atoms with E-state index in [0.717, 1.165) is 41.5 Å². The Morgan fingerprint density at radius 1 is 1.03 bits per heavy atom. The molecule has 0 unspecified atom stereocenters. The normalized spacial score (nSPS) is 20.6. The minimum absolute atomic E-state index is 0.0798. The van der Waals surface area contributed by atoms with Crippen molar-refractivity contribution in [3.63, 3.8) is 0 Å². The number of likely N-dealkylation sites (tertiary alicyclic amines) is 1. The highest BCUT2D eigenvalue weighted by molar-refractivity contribution is 7.17. The first-order valence-corrected chi connectivity index (χ1v) is 11.4. The van der Waals surface area contributed by atoms with Crippen molar-refractivity contribution >= 4 is 34.1 Å². The van der Waals surface area contributed by atoms with Crippen LogP contribution >= 0.6 is 11.3 Å². The van der Waals surface area contributed by atoms with Crippen molar-refractivity contribution in [1.29, 1.82) is 0 Å². The summed E-state index contributed by atoms with van der Waals surface area (Å²) in [5.41, 5.74) is 1.69. The Morgan fingerprint density at radius 2 is 1.79 bits per heavy atom. The van der Waals surface area contributed by atoms with E-state index in [9.17, 15) is 14.4 Å². The van der Waals surface area contributed by atoms with Crippen molar-refractivity contribution in [2.45, 2.75) is 45.1 Å². The molecule has 29 heavy (non-hydrogen) atoms. The zero-order valence-electron chi connectivity index (χ0n) is 17.4. The van der Waals surface area contributed by atoms with Crippen molar-refractivity contribution in [1.82, 2.24) is 14.7 Å². The van der Waals surface area contributed by atoms with Crippen LogP contribution in [0.3, 0.4) is 0 Å². The number of fused-ring (bicyclic) bond motifs is 3. The molecule has 3 amide bonds. The Balaban J connectivity index is 1.42. The van der Waals surface area contributed by atoms with Gasteiger partial charge in [0.1, 0.15) is 11.5 Å². The number of carbonyl (C=O) groups is 3. The van der Waals surface area contributed by atoms with Gasteiger partial charge in [-0.1, -0.05) is 6.42 Å². The van der Waals surface area contributed by atoms with Crippen LogP contribution in [0.4, 0.5) is 5.00 Å². The number of amides is 3. The van der Waals surface area contributed by atoms with Crippen LogP contribution in [0, 0.1) is 0 Å². The van der Waals surface area contributed by atoms with Crippen molar-refractivity contribution in [3.05, 3.63) is 16.0 Å². The van der Waals surface area contributed by atoms with Gasteiger partial charge in [0.05, 0.1) is 12.1 Å². The lowest BCUT2D eigenvalue weighted by atomic mass is 10.0. The highest BCUT2D eigenvalue weighted by Gasteiger charge is 2.36. The van der Waals surface area contributed by atoms with Gasteiger partial charge in [-0.3, -0.25) is 14.4 Å². The van der Waals surface area contributed by atoms with Crippen molar-refractivity contribution in [2.75, 3.05) is 51.7 Å². The van der Waals surface area contributed by atoms with Crippen molar-refractivity contribution in [3.8, 4) is 0 Å². The summed E-state index contributed by atoms with van der Waals surface area (Å²) in [6.45, 7) is 4.63. The van der Waals surface area contributed by atoms with Gasteiger partial charge >= 0.3 is 0 Å². The minimum atomic E-state index is -0.0866. The van der Waals surface area contributed by atoms with E-state index in [0.29, 0.717) is 31.5 Å². The molecule has 4 rings (SSSR count). The van der Waals surface area contributed by atoms with Crippen LogP contribution in [0.25, 0.3) is 0 Å². The third-order valence-corrected chi connectivity index (χ3v) is 7.61. The molecule has 3 aliphatic rings. The highest BCUT2D eigenvalue weighted by atomic mass is 32.1. The largest absolute Gasteiger partial charge is 0.337 e. The number of piperidine rings is 1. The highest BCUT2D eigenvalue weighted by Crippen LogP contribution is 2.40. The van der Waals surface area contributed by atoms with E-state index in [-0.39, 0.29) is 24.3 Å². The number of hydrogen-bond donors (Lipinski definition) is 0. The van der Waals surface area contributed by atoms with Crippen molar-refractivity contribution in [2.24, 2.45) is 0 Å². The summed E-state index contributed by atoms with van der Waals surface area (Å²) >= 11 is 1.49. The standard InChI is InChI=1S/C21H30N4O3S/c1-22-14-18(27)23(2)21-19(20(22)28)15-8-12-25(13-16(15)29-21)17(26)7-6-11-24-9-4-3-5-10-24/h3-14H2,1-2H3. The summed E-state index contributed by atoms with van der Waals surface area (Å²) in [6.07, 6.45) is 6.05. The number of likely N-dealkylation sites (N-methyl/N-ethyl adjacent to an activating group) is 2. The summed E-state index contributed by atoms with van der Waals surface area (Å²) in [5.74, 6) is 0.0319. The van der Waals surface area contributed by atoms with Gasteiger partial charge in [0.15, 0.2) is 0 Å². The van der Waals surface area contributed by atoms with Gasteiger partial charge in [0, 0.05) is 31.9 Å². The fourth-order valence-electron chi connectivity index (χ4n) is 4.54. The first-order chi connectivity index (χ1) is 14.0. The number of hydrogen-bond acceptors (Lipinski definition) is 5. The summed E-state index contributed by atoms with van der Waals surface area (Å²) in [7, 11) is 3.41. The predicted octanol–water partition coefficient (Wildman–Crippen LogP) is 1.95. The Hall–Kier alpha value is -1.93. The topological polar surface area (TPSA) is 64.2 Å². The van der Waals surface area contributed by atoms with Crippen LogP contribution in [0.1, 0.15) is 52.9 Å². The number of rotatable bonds is 4. The number of nitrogens with zero attached hydrogens (tertiary/aromatic N) is 4. The Morgan fingerprint density at radius 3 is 2.55 bits per heavy atom. The number of thiophene rings is 1. The van der Waals surface area contributed by atoms with Gasteiger partial charge in [0.25, 0.3) is 5.91 Å². The maximum Gasteiger partial charge on any atom is 0.257 e. The first kappa shape index (κ1) is 20.3. The molecule has 0 aliphatic carbocycles. The van der Waals surface area contributed by atoms with Gasteiger partial charge in [-0.15, -0.1) is 11.3 Å². The van der Waals surface area contributed by atoms with Gasteiger partial charge in [-0.2, -0.15) is 0 Å². The Kier molecular flexibility index (Phi) is 5.92. The lowest BCUT2D eigenvalue weighted by Gasteiger charge is -2.29. The fraction of sp³-hybridized carbons (Fsp3) is 0.667. The van der Waals surface area contributed by atoms with Crippen LogP contribution in [-0.4, -0.2) is 79.2 Å².